The maximum atomic E-state index is 14.0. The molecular formula is C24H21FN7O. The van der Waals surface area contributed by atoms with Gasteiger partial charge >= 0.3 is 0 Å². The van der Waals surface area contributed by atoms with E-state index in [1.54, 1.807) is 10.9 Å². The Bertz CT molecular complexity index is 1490. The summed E-state index contributed by atoms with van der Waals surface area (Å²) in [6.45, 7) is 3.33. The Balaban J connectivity index is 1.32. The quantitative estimate of drug-likeness (QED) is 0.390. The van der Waals surface area contributed by atoms with Gasteiger partial charge in [-0.3, -0.25) is 9.78 Å². The fourth-order valence-electron chi connectivity index (χ4n) is 4.44. The lowest BCUT2D eigenvalue weighted by molar-refractivity contribution is 0.432. The Hall–Kier alpha value is -4.14. The second kappa shape index (κ2) is 7.19. The van der Waals surface area contributed by atoms with E-state index in [-0.39, 0.29) is 5.75 Å². The van der Waals surface area contributed by atoms with Gasteiger partial charge in [0.05, 0.1) is 30.0 Å². The van der Waals surface area contributed by atoms with Crippen molar-refractivity contribution >= 4 is 16.7 Å². The highest BCUT2D eigenvalue weighted by Gasteiger charge is 2.26. The maximum absolute atomic E-state index is 14.0. The molecule has 0 amide bonds. The van der Waals surface area contributed by atoms with Crippen LogP contribution in [-0.4, -0.2) is 35.1 Å². The van der Waals surface area contributed by atoms with Crippen LogP contribution in [-0.2, 0) is 26.6 Å². The molecule has 5 aromatic rings. The number of phenols is 1. The van der Waals surface area contributed by atoms with E-state index >= 15 is 0 Å². The van der Waals surface area contributed by atoms with E-state index in [4.69, 9.17) is 4.98 Å². The summed E-state index contributed by atoms with van der Waals surface area (Å²) < 4.78 is 15.8. The van der Waals surface area contributed by atoms with Crippen molar-refractivity contribution in [1.82, 2.24) is 29.9 Å². The number of aryl methyl sites for hydroxylation is 2. The number of imidazole rings is 1. The molecule has 1 radical (unpaired) electrons. The number of nitrogens with one attached hydrogen (secondary N) is 2. The number of anilines is 1. The third-order valence-corrected chi connectivity index (χ3v) is 6.14. The second-order valence-corrected chi connectivity index (χ2v) is 8.28. The highest BCUT2D eigenvalue weighted by Crippen LogP contribution is 2.34. The maximum Gasteiger partial charge on any atom is 0.165 e. The Morgan fingerprint density at radius 3 is 2.85 bits per heavy atom. The van der Waals surface area contributed by atoms with Crippen LogP contribution in [0.1, 0.15) is 23.9 Å². The molecule has 0 bridgehead atoms. The number of benzene rings is 2. The molecule has 4 heterocycles. The van der Waals surface area contributed by atoms with Gasteiger partial charge in [-0.2, -0.15) is 10.2 Å². The molecular weight excluding hydrogens is 421 g/mol. The van der Waals surface area contributed by atoms with Crippen LogP contribution < -0.4 is 4.90 Å². The van der Waals surface area contributed by atoms with E-state index in [2.05, 4.69) is 31.2 Å². The zero-order valence-corrected chi connectivity index (χ0v) is 18.1. The Morgan fingerprint density at radius 2 is 2.09 bits per heavy atom. The number of phenolic OH excluding ortho intramolecular Hbond substituents is 1. The zero-order chi connectivity index (χ0) is 22.7. The molecule has 8 nitrogen and oxygen atoms in total. The lowest BCUT2D eigenvalue weighted by Crippen LogP contribution is -2.16. The molecule has 3 aromatic heterocycles. The van der Waals surface area contributed by atoms with Crippen molar-refractivity contribution in [1.29, 1.82) is 0 Å². The van der Waals surface area contributed by atoms with E-state index in [1.165, 1.54) is 12.1 Å². The summed E-state index contributed by atoms with van der Waals surface area (Å²) in [7, 11) is 1.88. The van der Waals surface area contributed by atoms with Crippen LogP contribution in [0.2, 0.25) is 0 Å². The first-order chi connectivity index (χ1) is 16.0. The van der Waals surface area contributed by atoms with E-state index in [1.807, 2.05) is 32.2 Å². The van der Waals surface area contributed by atoms with Gasteiger partial charge in [-0.25, -0.2) is 9.37 Å². The average Bonchev–Trinajstić information content (AvgIpc) is 3.57. The summed E-state index contributed by atoms with van der Waals surface area (Å²) in [5.74, 6) is 0.565. The fraction of sp³-hybridized carbons (Fsp3) is 0.208. The third-order valence-electron chi connectivity index (χ3n) is 6.14. The van der Waals surface area contributed by atoms with Crippen LogP contribution in [0, 0.1) is 11.9 Å². The van der Waals surface area contributed by atoms with Crippen molar-refractivity contribution in [3.05, 3.63) is 65.4 Å². The number of nitrogens with zero attached hydrogens (tertiary/aromatic N) is 5. The largest absolute Gasteiger partial charge is 0.505 e. The van der Waals surface area contributed by atoms with Gasteiger partial charge < -0.3 is 15.0 Å². The number of aromatic nitrogens is 6. The van der Waals surface area contributed by atoms with Crippen molar-refractivity contribution in [3.63, 3.8) is 0 Å². The van der Waals surface area contributed by atoms with Gasteiger partial charge in [-0.15, -0.1) is 0 Å². The van der Waals surface area contributed by atoms with Gasteiger partial charge in [-0.1, -0.05) is 13.0 Å². The minimum Gasteiger partial charge on any atom is -0.505 e. The number of halogens is 1. The van der Waals surface area contributed by atoms with Gasteiger partial charge in [-0.05, 0) is 47.4 Å². The van der Waals surface area contributed by atoms with Crippen molar-refractivity contribution in [2.45, 2.75) is 26.4 Å². The summed E-state index contributed by atoms with van der Waals surface area (Å²) in [6.07, 6.45) is 2.49. The number of hydrogen-bond donors (Lipinski definition) is 3. The summed E-state index contributed by atoms with van der Waals surface area (Å²) in [5, 5.41) is 22.6. The molecule has 9 heteroatoms. The van der Waals surface area contributed by atoms with Gasteiger partial charge in [0.2, 0.25) is 0 Å². The van der Waals surface area contributed by atoms with Gasteiger partial charge in [0.15, 0.2) is 23.2 Å². The van der Waals surface area contributed by atoms with Crippen LogP contribution >= 0.6 is 0 Å². The van der Waals surface area contributed by atoms with Crippen molar-refractivity contribution in [2.75, 3.05) is 4.90 Å². The fourth-order valence-corrected chi connectivity index (χ4v) is 4.44. The predicted molar refractivity (Wildman–Crippen MR) is 122 cm³/mol. The average molecular weight is 442 g/mol. The van der Waals surface area contributed by atoms with E-state index in [9.17, 15) is 9.50 Å². The van der Waals surface area contributed by atoms with Crippen molar-refractivity contribution in [3.8, 4) is 28.4 Å². The summed E-state index contributed by atoms with van der Waals surface area (Å²) in [5.41, 5.74) is 6.10. The number of aromatic amines is 2. The first-order valence-corrected chi connectivity index (χ1v) is 10.7. The molecule has 33 heavy (non-hydrogen) atoms. The number of aromatic hydroxyl groups is 1. The summed E-state index contributed by atoms with van der Waals surface area (Å²) in [4.78, 5) is 10.3. The number of H-pyrrole nitrogens is 2. The molecule has 0 saturated heterocycles. The molecule has 0 spiro atoms. The first-order valence-electron chi connectivity index (χ1n) is 10.7. The highest BCUT2D eigenvalue weighted by atomic mass is 19.1. The Morgan fingerprint density at radius 1 is 1.21 bits per heavy atom. The molecule has 1 aliphatic heterocycles. The number of fused-ring (bicyclic) bond motifs is 2. The summed E-state index contributed by atoms with van der Waals surface area (Å²) >= 11 is 0. The molecule has 2 aromatic carbocycles. The van der Waals surface area contributed by atoms with E-state index in [0.717, 1.165) is 50.5 Å². The molecule has 165 valence electrons. The van der Waals surface area contributed by atoms with E-state index < -0.39 is 5.82 Å². The molecule has 0 saturated carbocycles. The topological polar surface area (TPSA) is 98.7 Å². The van der Waals surface area contributed by atoms with Crippen LogP contribution in [0.4, 0.5) is 10.2 Å². The molecule has 6 rings (SSSR count). The van der Waals surface area contributed by atoms with E-state index in [0.29, 0.717) is 25.3 Å². The standard InChI is InChI=1S/C24H21FN7O/c1-3-13-9-21(33)17(25)10-16(13)14-4-5-15-18(8-14)28-29-23(15)24-26-19-11-32(12-20(19)27-24)22-6-7-31(2)30-22/h4-5,7-10,33H,3,11-12H2,1-2H3,(H,26,27)(H,28,29). The molecule has 3 N–H and O–H groups in total. The summed E-state index contributed by atoms with van der Waals surface area (Å²) in [6, 6.07) is 11.9. The van der Waals surface area contributed by atoms with Gasteiger partial charge in [0, 0.05) is 24.7 Å². The molecule has 0 atom stereocenters. The number of rotatable bonds is 4. The van der Waals surface area contributed by atoms with Crippen LogP contribution in [0.5, 0.6) is 5.75 Å². The minimum absolute atomic E-state index is 0.328. The van der Waals surface area contributed by atoms with Crippen molar-refractivity contribution < 1.29 is 9.50 Å². The zero-order valence-electron chi connectivity index (χ0n) is 18.1. The normalized spacial score (nSPS) is 13.2. The SMILES string of the molecule is CCc1cc(O)c(F)cc1-c1ccc2c(-c3nc4c([nH]3)CN(c3[c]cn(C)n3)C4)n[nH]c2c1. The first kappa shape index (κ1) is 19.5. The lowest BCUT2D eigenvalue weighted by Gasteiger charge is -2.13. The Labute approximate surface area is 188 Å². The second-order valence-electron chi connectivity index (χ2n) is 8.28. The molecule has 0 aliphatic carbocycles. The Kier molecular flexibility index (Phi) is 4.26. The van der Waals surface area contributed by atoms with Gasteiger partial charge in [0.1, 0.15) is 5.69 Å². The minimum atomic E-state index is -0.630. The van der Waals surface area contributed by atoms with Crippen LogP contribution in [0.15, 0.2) is 36.5 Å². The highest BCUT2D eigenvalue weighted by molar-refractivity contribution is 5.94. The molecule has 0 fully saturated rings. The third kappa shape index (κ3) is 3.15. The van der Waals surface area contributed by atoms with Crippen molar-refractivity contribution in [2.24, 2.45) is 7.05 Å². The molecule has 1 aliphatic rings. The monoisotopic (exact) mass is 442 g/mol. The predicted octanol–water partition coefficient (Wildman–Crippen LogP) is 4.08. The van der Waals surface area contributed by atoms with Gasteiger partial charge in [0.25, 0.3) is 0 Å². The number of hydrogen-bond acceptors (Lipinski definition) is 5. The van der Waals surface area contributed by atoms with Crippen LogP contribution in [0.3, 0.4) is 0 Å². The molecule has 0 unspecified atom stereocenters. The smallest absolute Gasteiger partial charge is 0.165 e. The lowest BCUT2D eigenvalue weighted by atomic mass is 9.96. The van der Waals surface area contributed by atoms with Crippen LogP contribution in [0.25, 0.3) is 33.5 Å².